The molecule has 2 saturated heterocycles. The molecule has 2 heterocycles. The fourth-order valence-electron chi connectivity index (χ4n) is 3.13. The molecule has 12 heteroatoms. The maximum atomic E-state index is 13.4. The molecule has 2 aliphatic rings. The Hall–Kier alpha value is 0.430. The van der Waals surface area contributed by atoms with Crippen LogP contribution in [-0.4, -0.2) is 113 Å². The summed E-state index contributed by atoms with van der Waals surface area (Å²) in [5, 5.41) is 19.5. The Balaban J connectivity index is 1.99. The normalized spacial score (nSPS) is 36.8. The van der Waals surface area contributed by atoms with Crippen molar-refractivity contribution in [3.63, 3.8) is 0 Å². The molecule has 0 aromatic carbocycles. The van der Waals surface area contributed by atoms with Crippen LogP contribution in [0.25, 0.3) is 0 Å². The van der Waals surface area contributed by atoms with Crippen molar-refractivity contribution < 1.29 is 37.8 Å². The van der Waals surface area contributed by atoms with Crippen LogP contribution in [0.1, 0.15) is 12.8 Å². The molecular formula is C15H33B2NO7PS+. The smallest absolute Gasteiger partial charge is 0.389 e. The lowest BCUT2D eigenvalue weighted by molar-refractivity contribution is -0.867. The van der Waals surface area contributed by atoms with Gasteiger partial charge in [-0.25, -0.2) is 4.57 Å². The Bertz CT molecular complexity index is 527. The molecule has 27 heavy (non-hydrogen) atoms. The summed E-state index contributed by atoms with van der Waals surface area (Å²) in [6.07, 6.45) is -1.05. The summed E-state index contributed by atoms with van der Waals surface area (Å²) in [6, 6.07) is -0.125. The van der Waals surface area contributed by atoms with E-state index in [1.807, 2.05) is 15.7 Å². The van der Waals surface area contributed by atoms with Crippen molar-refractivity contribution in [3.8, 4) is 0 Å². The number of aliphatic hydroxyl groups is 2. The van der Waals surface area contributed by atoms with Gasteiger partial charge in [-0.05, 0) is 24.2 Å². The molecule has 0 spiro atoms. The van der Waals surface area contributed by atoms with Crippen molar-refractivity contribution in [1.82, 2.24) is 0 Å². The van der Waals surface area contributed by atoms with Crippen LogP contribution in [0, 0.1) is 0 Å². The van der Waals surface area contributed by atoms with Gasteiger partial charge in [-0.1, -0.05) is 0 Å². The summed E-state index contributed by atoms with van der Waals surface area (Å²) in [7, 11) is 9.97. The minimum Gasteiger partial charge on any atom is -0.394 e. The first-order valence-electron chi connectivity index (χ1n) is 9.49. The monoisotopic (exact) mass is 424 g/mol. The van der Waals surface area contributed by atoms with Crippen LogP contribution in [-0.2, 0) is 23.1 Å². The maximum absolute atomic E-state index is 13.4. The molecular weight excluding hydrogens is 391 g/mol. The highest BCUT2D eigenvalue weighted by Gasteiger charge is 2.41. The standard InChI is InChI=1S/C15H33B2NO7PS/c1-18(2,3)4-5-27-26(21,22-9-13-10(20)6-14(16)24-13)25-11-7-15(17)23-12(11)8-19/h10-15,19-20H,4-9,16-17H2,1-3H3/q+1/t10?,11?,12-,13-,14-,15-,26+/m1/s1. The molecule has 0 aromatic rings. The molecule has 8 nitrogen and oxygen atoms in total. The quantitative estimate of drug-likeness (QED) is 0.256. The van der Waals surface area contributed by atoms with Crippen LogP contribution in [0.4, 0.5) is 0 Å². The Labute approximate surface area is 167 Å². The molecule has 156 valence electrons. The number of ether oxygens (including phenoxy) is 2. The molecule has 0 bridgehead atoms. The van der Waals surface area contributed by atoms with Gasteiger partial charge in [-0.3, -0.25) is 9.05 Å². The first kappa shape index (κ1) is 23.7. The minimum absolute atomic E-state index is 0.00703. The topological polar surface area (TPSA) is 94.5 Å². The lowest BCUT2D eigenvalue weighted by atomic mass is 9.96. The number of hydrogen-bond acceptors (Lipinski definition) is 8. The lowest BCUT2D eigenvalue weighted by Gasteiger charge is -2.27. The van der Waals surface area contributed by atoms with Gasteiger partial charge in [0.2, 0.25) is 0 Å². The highest BCUT2D eigenvalue weighted by Crippen LogP contribution is 2.62. The van der Waals surface area contributed by atoms with Crippen LogP contribution in [0.5, 0.6) is 0 Å². The van der Waals surface area contributed by atoms with Crippen LogP contribution >= 0.6 is 18.2 Å². The highest BCUT2D eigenvalue weighted by molar-refractivity contribution is 8.55. The second kappa shape index (κ2) is 9.96. The van der Waals surface area contributed by atoms with E-state index in [1.54, 1.807) is 0 Å². The Morgan fingerprint density at radius 1 is 1.19 bits per heavy atom. The number of rotatable bonds is 10. The second-order valence-corrected chi connectivity index (χ2v) is 12.6. The summed E-state index contributed by atoms with van der Waals surface area (Å²) in [5.74, 6) is 0.595. The summed E-state index contributed by atoms with van der Waals surface area (Å²) in [6.45, 7) is -2.90. The van der Waals surface area contributed by atoms with E-state index in [-0.39, 0.29) is 25.2 Å². The van der Waals surface area contributed by atoms with E-state index in [2.05, 4.69) is 21.1 Å². The van der Waals surface area contributed by atoms with Crippen molar-refractivity contribution in [2.45, 2.75) is 49.3 Å². The van der Waals surface area contributed by atoms with Crippen LogP contribution in [0.15, 0.2) is 0 Å². The zero-order valence-electron chi connectivity index (χ0n) is 16.9. The largest absolute Gasteiger partial charge is 0.394 e. The number of quaternary nitrogens is 1. The predicted molar refractivity (Wildman–Crippen MR) is 111 cm³/mol. The van der Waals surface area contributed by atoms with Crippen LogP contribution in [0.3, 0.4) is 0 Å². The van der Waals surface area contributed by atoms with Crippen molar-refractivity contribution in [2.24, 2.45) is 0 Å². The highest BCUT2D eigenvalue weighted by atomic mass is 32.7. The number of hydrogen-bond donors (Lipinski definition) is 2. The van der Waals surface area contributed by atoms with Gasteiger partial charge in [0, 0.05) is 12.0 Å². The molecule has 0 amide bonds. The van der Waals surface area contributed by atoms with Crippen LogP contribution in [0.2, 0.25) is 0 Å². The van der Waals surface area contributed by atoms with Gasteiger partial charge in [-0.15, -0.1) is 0 Å². The third-order valence-corrected chi connectivity index (χ3v) is 8.40. The van der Waals surface area contributed by atoms with E-state index in [1.165, 1.54) is 0 Å². The summed E-state index contributed by atoms with van der Waals surface area (Å²) in [5.41, 5.74) is 0. The number of aliphatic hydroxyl groups excluding tert-OH is 2. The molecule has 0 aromatic heterocycles. The molecule has 2 aliphatic heterocycles. The molecule has 2 fully saturated rings. The van der Waals surface area contributed by atoms with Crippen LogP contribution < -0.4 is 0 Å². The fraction of sp³-hybridized carbons (Fsp3) is 1.00. The van der Waals surface area contributed by atoms with Gasteiger partial charge in [0.15, 0.2) is 0 Å². The first-order chi connectivity index (χ1) is 12.5. The zero-order chi connectivity index (χ0) is 20.2. The van der Waals surface area contributed by atoms with E-state index < -0.39 is 31.2 Å². The molecule has 7 atom stereocenters. The Morgan fingerprint density at radius 3 is 2.37 bits per heavy atom. The van der Waals surface area contributed by atoms with E-state index >= 15 is 0 Å². The molecule has 0 aliphatic carbocycles. The Morgan fingerprint density at radius 2 is 1.81 bits per heavy atom. The van der Waals surface area contributed by atoms with Gasteiger partial charge >= 0.3 is 6.80 Å². The zero-order valence-corrected chi connectivity index (χ0v) is 18.7. The average molecular weight is 424 g/mol. The third kappa shape index (κ3) is 7.64. The van der Waals surface area contributed by atoms with Crippen molar-refractivity contribution >= 4 is 33.9 Å². The molecule has 2 unspecified atom stereocenters. The van der Waals surface area contributed by atoms with Gasteiger partial charge in [0.05, 0.1) is 58.9 Å². The predicted octanol–water partition coefficient (Wildman–Crippen LogP) is -1.21. The second-order valence-electron chi connectivity index (χ2n) is 8.43. The molecule has 0 saturated carbocycles. The van der Waals surface area contributed by atoms with Crippen molar-refractivity contribution in [2.75, 3.05) is 46.7 Å². The molecule has 2 rings (SSSR count). The van der Waals surface area contributed by atoms with E-state index in [0.29, 0.717) is 18.6 Å². The lowest BCUT2D eigenvalue weighted by Crippen LogP contribution is -2.36. The first-order valence-corrected chi connectivity index (χ1v) is 12.6. The fourth-order valence-corrected chi connectivity index (χ4v) is 6.90. The van der Waals surface area contributed by atoms with E-state index in [4.69, 9.17) is 18.5 Å². The maximum Gasteiger partial charge on any atom is 0.389 e. The average Bonchev–Trinajstić information content (AvgIpc) is 3.05. The van der Waals surface area contributed by atoms with E-state index in [0.717, 1.165) is 22.4 Å². The van der Waals surface area contributed by atoms with Crippen molar-refractivity contribution in [3.05, 3.63) is 0 Å². The summed E-state index contributed by atoms with van der Waals surface area (Å²) < 4.78 is 37.0. The molecule has 0 radical (unpaired) electrons. The van der Waals surface area contributed by atoms with Gasteiger partial charge in [0.1, 0.15) is 27.9 Å². The van der Waals surface area contributed by atoms with Gasteiger partial charge in [-0.2, -0.15) is 0 Å². The SMILES string of the molecule is B[C@H]1CC(O)[C@@H](CO[P@@](=O)(OC2C[C@H](B)O[C@@H]2CO)SCC[N+](C)(C)C)O1. The number of nitrogens with zero attached hydrogens (tertiary/aromatic N) is 1. The van der Waals surface area contributed by atoms with Gasteiger partial charge < -0.3 is 24.2 Å². The van der Waals surface area contributed by atoms with Crippen molar-refractivity contribution in [1.29, 1.82) is 0 Å². The van der Waals surface area contributed by atoms with Gasteiger partial charge in [0.25, 0.3) is 0 Å². The van der Waals surface area contributed by atoms with E-state index in [9.17, 15) is 14.8 Å². The summed E-state index contributed by atoms with van der Waals surface area (Å²) >= 11 is 1.16. The minimum atomic E-state index is -3.51. The molecule has 2 N–H and O–H groups in total. The third-order valence-electron chi connectivity index (χ3n) is 4.65. The summed E-state index contributed by atoms with van der Waals surface area (Å²) in [4.78, 5) is 0. The Kier molecular flexibility index (Phi) is 8.74.